The molecule has 0 aliphatic heterocycles. The minimum absolute atomic E-state index is 0.0868. The molecule has 0 fully saturated rings. The predicted octanol–water partition coefficient (Wildman–Crippen LogP) is 2.82. The molecule has 2 aromatic rings. The molecule has 4 nitrogen and oxygen atoms in total. The van der Waals surface area contributed by atoms with E-state index < -0.39 is 23.6 Å². The second-order valence-corrected chi connectivity index (χ2v) is 4.54. The Morgan fingerprint density at radius 3 is 2.60 bits per heavy atom. The minimum Gasteiger partial charge on any atom is -0.267 e. The molecule has 0 saturated heterocycles. The lowest BCUT2D eigenvalue weighted by molar-refractivity contribution is -0.140. The van der Waals surface area contributed by atoms with Gasteiger partial charge in [-0.3, -0.25) is 4.79 Å². The van der Waals surface area contributed by atoms with Gasteiger partial charge in [-0.2, -0.15) is 13.2 Å². The van der Waals surface area contributed by atoms with E-state index in [1.54, 1.807) is 0 Å². The molecule has 106 valence electrons. The van der Waals surface area contributed by atoms with Crippen molar-refractivity contribution in [1.82, 2.24) is 4.98 Å². The molecule has 0 aliphatic rings. The average Bonchev–Trinajstić information content (AvgIpc) is 2.86. The normalized spacial score (nSPS) is 11.4. The molecule has 0 radical (unpaired) electrons. The van der Waals surface area contributed by atoms with Crippen molar-refractivity contribution in [1.29, 1.82) is 0 Å². The molecule has 0 unspecified atom stereocenters. The Kier molecular flexibility index (Phi) is 3.73. The van der Waals surface area contributed by atoms with Crippen molar-refractivity contribution in [3.05, 3.63) is 46.7 Å². The molecular weight excluding hydrogens is 298 g/mol. The maximum Gasteiger partial charge on any atom is 0.434 e. The zero-order chi connectivity index (χ0) is 14.9. The van der Waals surface area contributed by atoms with Gasteiger partial charge in [-0.05, 0) is 18.2 Å². The number of anilines is 1. The molecule has 0 atom stereocenters. The number of hydrogen-bond acceptors (Lipinski definition) is 4. The van der Waals surface area contributed by atoms with Gasteiger partial charge in [-0.25, -0.2) is 20.2 Å². The summed E-state index contributed by atoms with van der Waals surface area (Å²) in [5.41, 5.74) is -1.23. The number of aromatic nitrogens is 1. The average molecular weight is 305 g/mol. The van der Waals surface area contributed by atoms with Crippen molar-refractivity contribution in [2.45, 2.75) is 6.18 Å². The van der Waals surface area contributed by atoms with Gasteiger partial charge in [0.05, 0.1) is 0 Å². The highest BCUT2D eigenvalue weighted by molar-refractivity contribution is 7.14. The lowest BCUT2D eigenvalue weighted by Crippen LogP contribution is -2.37. The largest absolute Gasteiger partial charge is 0.434 e. The Balaban J connectivity index is 2.25. The monoisotopic (exact) mass is 305 g/mol. The van der Waals surface area contributed by atoms with Crippen molar-refractivity contribution >= 4 is 22.4 Å². The van der Waals surface area contributed by atoms with Crippen molar-refractivity contribution < 1.29 is 22.4 Å². The van der Waals surface area contributed by atoms with E-state index in [0.29, 0.717) is 16.3 Å². The Labute approximate surface area is 114 Å². The van der Waals surface area contributed by atoms with Crippen LogP contribution in [0, 0.1) is 5.82 Å². The SMILES string of the molecule is NN(C(=O)c1cccc(F)c1)c1nc(C(F)(F)F)cs1. The van der Waals surface area contributed by atoms with Gasteiger partial charge in [0.15, 0.2) is 5.69 Å². The lowest BCUT2D eigenvalue weighted by atomic mass is 10.2. The summed E-state index contributed by atoms with van der Waals surface area (Å²) >= 11 is 0.567. The first-order valence-electron chi connectivity index (χ1n) is 5.16. The molecule has 1 amide bonds. The quantitative estimate of drug-likeness (QED) is 0.402. The molecule has 1 aromatic heterocycles. The smallest absolute Gasteiger partial charge is 0.267 e. The molecule has 1 heterocycles. The Hall–Kier alpha value is -2.00. The molecule has 0 saturated carbocycles. The topological polar surface area (TPSA) is 59.2 Å². The standard InChI is InChI=1S/C11H7F4N3OS/c12-7-3-1-2-6(4-7)9(19)18(16)10-17-8(5-20-10)11(13,14)15/h1-5H,16H2. The number of hydrazine groups is 1. The second-order valence-electron chi connectivity index (χ2n) is 3.70. The fourth-order valence-corrected chi connectivity index (χ4v) is 2.10. The molecule has 0 bridgehead atoms. The van der Waals surface area contributed by atoms with Crippen LogP contribution in [0.2, 0.25) is 0 Å². The van der Waals surface area contributed by atoms with Crippen molar-refractivity contribution in [3.63, 3.8) is 0 Å². The summed E-state index contributed by atoms with van der Waals surface area (Å²) in [5, 5.41) is 0.870. The summed E-state index contributed by atoms with van der Waals surface area (Å²) in [6, 6.07) is 4.65. The summed E-state index contributed by atoms with van der Waals surface area (Å²) in [6.45, 7) is 0. The van der Waals surface area contributed by atoms with E-state index in [-0.39, 0.29) is 10.7 Å². The first kappa shape index (κ1) is 14.4. The molecule has 2 N–H and O–H groups in total. The summed E-state index contributed by atoms with van der Waals surface area (Å²) in [7, 11) is 0. The van der Waals surface area contributed by atoms with Gasteiger partial charge in [0, 0.05) is 10.9 Å². The molecule has 1 aromatic carbocycles. The van der Waals surface area contributed by atoms with E-state index in [9.17, 15) is 22.4 Å². The lowest BCUT2D eigenvalue weighted by Gasteiger charge is -2.13. The minimum atomic E-state index is -4.61. The number of carbonyl (C=O) groups is 1. The number of benzene rings is 1. The van der Waals surface area contributed by atoms with Crippen LogP contribution < -0.4 is 10.9 Å². The van der Waals surface area contributed by atoms with Crippen LogP contribution in [0.3, 0.4) is 0 Å². The molecular formula is C11H7F4N3OS. The highest BCUT2D eigenvalue weighted by Crippen LogP contribution is 2.32. The van der Waals surface area contributed by atoms with Crippen LogP contribution in [0.5, 0.6) is 0 Å². The van der Waals surface area contributed by atoms with Gasteiger partial charge in [0.1, 0.15) is 5.82 Å². The number of thiazole rings is 1. The van der Waals surface area contributed by atoms with Crippen molar-refractivity contribution in [3.8, 4) is 0 Å². The number of nitrogens with two attached hydrogens (primary N) is 1. The van der Waals surface area contributed by atoms with Gasteiger partial charge in [-0.15, -0.1) is 11.3 Å². The van der Waals surface area contributed by atoms with Crippen LogP contribution in [0.1, 0.15) is 16.1 Å². The van der Waals surface area contributed by atoms with Crippen LogP contribution in [-0.4, -0.2) is 10.9 Å². The number of carbonyl (C=O) groups excluding carboxylic acids is 1. The van der Waals surface area contributed by atoms with Crippen LogP contribution in [0.25, 0.3) is 0 Å². The van der Waals surface area contributed by atoms with Crippen LogP contribution >= 0.6 is 11.3 Å². The highest BCUT2D eigenvalue weighted by atomic mass is 32.1. The Bertz CT molecular complexity index is 641. The zero-order valence-corrected chi connectivity index (χ0v) is 10.5. The first-order valence-corrected chi connectivity index (χ1v) is 6.04. The maximum atomic E-state index is 13.0. The van der Waals surface area contributed by atoms with Gasteiger partial charge in [0.25, 0.3) is 5.91 Å². The van der Waals surface area contributed by atoms with E-state index in [1.807, 2.05) is 0 Å². The molecule has 9 heteroatoms. The molecule has 0 aliphatic carbocycles. The third-order valence-electron chi connectivity index (χ3n) is 2.28. The number of alkyl halides is 3. The maximum absolute atomic E-state index is 13.0. The fourth-order valence-electron chi connectivity index (χ4n) is 1.35. The number of hydrogen-bond donors (Lipinski definition) is 1. The highest BCUT2D eigenvalue weighted by Gasteiger charge is 2.34. The number of rotatable bonds is 2. The fraction of sp³-hybridized carbons (Fsp3) is 0.0909. The van der Waals surface area contributed by atoms with E-state index in [4.69, 9.17) is 5.84 Å². The van der Waals surface area contributed by atoms with Crippen LogP contribution in [0.4, 0.5) is 22.7 Å². The first-order chi connectivity index (χ1) is 9.29. The number of nitrogens with zero attached hydrogens (tertiary/aromatic N) is 2. The summed E-state index contributed by atoms with van der Waals surface area (Å²) in [6.07, 6.45) is -4.61. The van der Waals surface area contributed by atoms with Crippen molar-refractivity contribution in [2.75, 3.05) is 5.01 Å². The predicted molar refractivity (Wildman–Crippen MR) is 64.5 cm³/mol. The summed E-state index contributed by atoms with van der Waals surface area (Å²) < 4.78 is 50.2. The van der Waals surface area contributed by atoms with E-state index in [1.165, 1.54) is 12.1 Å². The third-order valence-corrected chi connectivity index (χ3v) is 3.12. The third kappa shape index (κ3) is 2.94. The molecule has 20 heavy (non-hydrogen) atoms. The van der Waals surface area contributed by atoms with Gasteiger partial charge >= 0.3 is 6.18 Å². The van der Waals surface area contributed by atoms with E-state index >= 15 is 0 Å². The van der Waals surface area contributed by atoms with Crippen LogP contribution in [-0.2, 0) is 6.18 Å². The number of halogens is 4. The Morgan fingerprint density at radius 1 is 1.35 bits per heavy atom. The van der Waals surface area contributed by atoms with E-state index in [0.717, 1.165) is 17.5 Å². The summed E-state index contributed by atoms with van der Waals surface area (Å²) in [4.78, 5) is 15.1. The summed E-state index contributed by atoms with van der Waals surface area (Å²) in [5.74, 6) is 3.91. The Morgan fingerprint density at radius 2 is 2.05 bits per heavy atom. The van der Waals surface area contributed by atoms with E-state index in [2.05, 4.69) is 4.98 Å². The van der Waals surface area contributed by atoms with Gasteiger partial charge in [0.2, 0.25) is 5.13 Å². The molecule has 2 rings (SSSR count). The number of amides is 1. The van der Waals surface area contributed by atoms with Crippen LogP contribution in [0.15, 0.2) is 29.6 Å². The van der Waals surface area contributed by atoms with Gasteiger partial charge in [-0.1, -0.05) is 6.07 Å². The van der Waals surface area contributed by atoms with Gasteiger partial charge < -0.3 is 0 Å². The zero-order valence-electron chi connectivity index (χ0n) is 9.69. The molecule has 0 spiro atoms. The second kappa shape index (κ2) is 5.17. The van der Waals surface area contributed by atoms with Crippen molar-refractivity contribution in [2.24, 2.45) is 5.84 Å².